The molecule has 2 aliphatic heterocycles. The molecule has 28 heavy (non-hydrogen) atoms. The number of hydrogen-bond donors (Lipinski definition) is 1. The van der Waals surface area contributed by atoms with Crippen molar-refractivity contribution in [2.45, 2.75) is 32.4 Å². The van der Waals surface area contributed by atoms with E-state index in [4.69, 9.17) is 11.6 Å². The van der Waals surface area contributed by atoms with Crippen LogP contribution in [-0.4, -0.2) is 47.8 Å². The largest absolute Gasteiger partial charge is 1.00 e. The van der Waals surface area contributed by atoms with E-state index in [0.29, 0.717) is 0 Å². The third-order valence-corrected chi connectivity index (χ3v) is 5.55. The summed E-state index contributed by atoms with van der Waals surface area (Å²) < 4.78 is 36.5. The van der Waals surface area contributed by atoms with Gasteiger partial charge in [-0.05, 0) is 6.92 Å². The number of aliphatic carboxylic acids is 1. The Balaban J connectivity index is 0.00000364. The van der Waals surface area contributed by atoms with Crippen molar-refractivity contribution in [2.24, 2.45) is 5.92 Å². The fraction of sp³-hybridized carbons (Fsp3) is 0.462. The summed E-state index contributed by atoms with van der Waals surface area (Å²) in [6.45, 7) is 2.50. The monoisotopic (exact) mass is 470 g/mol. The molecule has 1 N–H and O–H groups in total. The van der Waals surface area contributed by atoms with Gasteiger partial charge in [0.1, 0.15) is 0 Å². The zero-order valence-electron chi connectivity index (χ0n) is 15.4. The maximum atomic E-state index is 12.2. The quantitative estimate of drug-likeness (QED) is 0.165. The molecule has 2 heterocycles. The molecule has 0 aromatic rings. The van der Waals surface area contributed by atoms with Crippen molar-refractivity contribution in [2.75, 3.05) is 0 Å². The smallest absolute Gasteiger partial charge is 0.726 e. The van der Waals surface area contributed by atoms with E-state index in [1.165, 1.54) is 20.0 Å². The standard InChI is InChI=1S/C13H15ClN2O8S2.2Na/c1-5(24-26(21,22)23)10-7-3-8(25-9(14)4-15-6(2)17)11(13(19)20)16(7)12(10)18;;/h4-5,7,10H,3H2,1-2H3,(H,15,17)(H,19,20)(H,21,22,23);;/q;2*+1/p-2/t5-,7+,10-;;/m0../s1. The Morgan fingerprint density at radius 3 is 2.46 bits per heavy atom. The summed E-state index contributed by atoms with van der Waals surface area (Å²) in [7, 11) is -5.01. The molecular weight excluding hydrogens is 458 g/mol. The number of hydrogen-bond acceptors (Lipinski definition) is 9. The van der Waals surface area contributed by atoms with Crippen LogP contribution < -0.4 is 69.5 Å². The van der Waals surface area contributed by atoms with Crippen LogP contribution in [0.1, 0.15) is 20.3 Å². The third-order valence-electron chi connectivity index (χ3n) is 3.75. The summed E-state index contributed by atoms with van der Waals surface area (Å²) in [6.07, 6.45) is -0.0239. The van der Waals surface area contributed by atoms with Gasteiger partial charge in [0, 0.05) is 24.4 Å². The first-order valence-electron chi connectivity index (χ1n) is 7.14. The summed E-state index contributed by atoms with van der Waals surface area (Å²) in [5, 5.41) is 13.7. The number of amides is 2. The van der Waals surface area contributed by atoms with Crippen molar-refractivity contribution < 1.29 is 95.8 Å². The van der Waals surface area contributed by atoms with Gasteiger partial charge in [0.05, 0.1) is 34.1 Å². The first kappa shape index (κ1) is 28.4. The van der Waals surface area contributed by atoms with Gasteiger partial charge in [-0.2, -0.15) is 0 Å². The van der Waals surface area contributed by atoms with E-state index >= 15 is 0 Å². The average Bonchev–Trinajstić information content (AvgIpc) is 2.77. The fourth-order valence-corrected chi connectivity index (χ4v) is 4.56. The minimum atomic E-state index is -5.01. The van der Waals surface area contributed by atoms with Gasteiger partial charge >= 0.3 is 59.1 Å². The van der Waals surface area contributed by atoms with Crippen molar-refractivity contribution in [1.29, 1.82) is 0 Å². The fourth-order valence-electron chi connectivity index (χ4n) is 2.85. The number of carbonyl (C=O) groups is 3. The van der Waals surface area contributed by atoms with E-state index in [0.717, 1.165) is 16.7 Å². The van der Waals surface area contributed by atoms with Crippen molar-refractivity contribution >= 4 is 51.5 Å². The Kier molecular flexibility index (Phi) is 11.3. The maximum absolute atomic E-state index is 12.2. The van der Waals surface area contributed by atoms with E-state index in [1.807, 2.05) is 0 Å². The molecule has 1 saturated heterocycles. The van der Waals surface area contributed by atoms with Crippen LogP contribution in [0, 0.1) is 5.92 Å². The number of carboxylic acid groups (broad SMARTS) is 1. The number of fused-ring (bicyclic) bond motifs is 1. The van der Waals surface area contributed by atoms with Crippen LogP contribution in [0.25, 0.3) is 0 Å². The second-order valence-corrected chi connectivity index (χ2v) is 8.30. The summed E-state index contributed by atoms with van der Waals surface area (Å²) in [6, 6.07) is -0.695. The van der Waals surface area contributed by atoms with Crippen molar-refractivity contribution in [3.63, 3.8) is 0 Å². The van der Waals surface area contributed by atoms with E-state index in [1.54, 1.807) is 0 Å². The van der Waals surface area contributed by atoms with Gasteiger partial charge in [-0.15, -0.1) is 0 Å². The molecule has 0 aromatic heterocycles. The molecule has 0 aromatic carbocycles. The zero-order valence-corrected chi connectivity index (χ0v) is 21.8. The number of nitrogens with one attached hydrogen (secondary N) is 1. The third kappa shape index (κ3) is 6.71. The number of halogens is 1. The topological polar surface area (TPSA) is 156 Å². The van der Waals surface area contributed by atoms with E-state index in [-0.39, 0.29) is 86.4 Å². The molecule has 144 valence electrons. The van der Waals surface area contributed by atoms with Gasteiger partial charge < -0.3 is 24.7 Å². The molecule has 0 spiro atoms. The second-order valence-electron chi connectivity index (χ2n) is 5.53. The Hall–Kier alpha value is 0.400. The van der Waals surface area contributed by atoms with E-state index < -0.39 is 40.3 Å². The number of thioether (sulfide) groups is 1. The molecule has 2 aliphatic rings. The van der Waals surface area contributed by atoms with Crippen LogP contribution in [0.2, 0.25) is 0 Å². The van der Waals surface area contributed by atoms with Gasteiger partial charge in [0.15, 0.2) is 0 Å². The maximum Gasteiger partial charge on any atom is 1.00 e. The molecule has 0 radical (unpaired) electrons. The van der Waals surface area contributed by atoms with Gasteiger partial charge in [0.2, 0.25) is 22.2 Å². The SMILES string of the molecule is CC(=O)NC=C(Cl)SC1=C(C(=O)[O-])N2C(=O)[C@@H]([C@H](C)OS(=O)(=O)[O-])[C@H]2C1.[Na+].[Na+]. The predicted octanol–water partition coefficient (Wildman–Crippen LogP) is -7.04. The normalized spacial score (nSPS) is 22.5. The Bertz CT molecular complexity index is 832. The molecule has 10 nitrogen and oxygen atoms in total. The molecule has 15 heteroatoms. The van der Waals surface area contributed by atoms with Crippen LogP contribution in [0.3, 0.4) is 0 Å². The number of carboxylic acids is 1. The predicted molar refractivity (Wildman–Crippen MR) is 86.4 cm³/mol. The molecule has 0 aliphatic carbocycles. The summed E-state index contributed by atoms with van der Waals surface area (Å²) in [4.78, 5) is 35.7. The second kappa shape index (κ2) is 11.1. The van der Waals surface area contributed by atoms with Crippen LogP contribution in [0.15, 0.2) is 21.2 Å². The molecule has 3 atom stereocenters. The van der Waals surface area contributed by atoms with Gasteiger partial charge in [-0.1, -0.05) is 23.4 Å². The van der Waals surface area contributed by atoms with Gasteiger partial charge in [0.25, 0.3) is 0 Å². The Labute approximate surface area is 215 Å². The molecule has 2 amide bonds. The van der Waals surface area contributed by atoms with E-state index in [2.05, 4.69) is 9.50 Å². The van der Waals surface area contributed by atoms with Gasteiger partial charge in [-0.25, -0.2) is 8.42 Å². The number of rotatable bonds is 7. The number of nitrogens with zero attached hydrogens (tertiary/aromatic N) is 1. The van der Waals surface area contributed by atoms with Crippen LogP contribution >= 0.6 is 23.4 Å². The van der Waals surface area contributed by atoms with Crippen molar-refractivity contribution in [3.8, 4) is 0 Å². The number of carbonyl (C=O) groups excluding carboxylic acids is 3. The zero-order chi connectivity index (χ0) is 19.8. The summed E-state index contributed by atoms with van der Waals surface area (Å²) in [5.41, 5.74) is -0.382. The summed E-state index contributed by atoms with van der Waals surface area (Å²) >= 11 is 6.74. The molecule has 0 saturated carbocycles. The molecular formula is C13H13ClN2Na2O8S2. The number of β-lactam (4-membered cyclic amide) rings is 1. The summed E-state index contributed by atoms with van der Waals surface area (Å²) in [5.74, 6) is -3.67. The minimum absolute atomic E-state index is 0. The molecule has 1 fully saturated rings. The molecule has 0 unspecified atom stereocenters. The molecule has 0 bridgehead atoms. The Morgan fingerprint density at radius 2 is 2.00 bits per heavy atom. The minimum Gasteiger partial charge on any atom is -0.726 e. The molecule has 2 rings (SSSR count). The van der Waals surface area contributed by atoms with Gasteiger partial charge in [-0.3, -0.25) is 13.8 Å². The first-order valence-corrected chi connectivity index (χ1v) is 9.67. The van der Waals surface area contributed by atoms with Crippen LogP contribution in [0.5, 0.6) is 0 Å². The first-order chi connectivity index (χ1) is 11.9. The van der Waals surface area contributed by atoms with Crippen molar-refractivity contribution in [3.05, 3.63) is 21.2 Å². The Morgan fingerprint density at radius 1 is 1.43 bits per heavy atom. The van der Waals surface area contributed by atoms with E-state index in [9.17, 15) is 32.5 Å². The average molecular weight is 471 g/mol. The van der Waals surface area contributed by atoms with Crippen molar-refractivity contribution in [1.82, 2.24) is 10.2 Å². The van der Waals surface area contributed by atoms with Crippen LogP contribution in [-0.2, 0) is 29.0 Å². The van der Waals surface area contributed by atoms with Crippen LogP contribution in [0.4, 0.5) is 0 Å².